The normalized spacial score (nSPS) is 12.1. The van der Waals surface area contributed by atoms with Crippen LogP contribution in [0.1, 0.15) is 15.9 Å². The molecule has 1 heterocycles. The highest BCUT2D eigenvalue weighted by molar-refractivity contribution is 5.99. The summed E-state index contributed by atoms with van der Waals surface area (Å²) in [5.74, 6) is -2.20. The molecule has 0 bridgehead atoms. The Morgan fingerprint density at radius 2 is 1.52 bits per heavy atom. The average Bonchev–Trinajstić information content (AvgIpc) is 2.46. The lowest BCUT2D eigenvalue weighted by Gasteiger charge is -2.09. The van der Waals surface area contributed by atoms with Gasteiger partial charge in [0.15, 0.2) is 0 Å². The minimum atomic E-state index is -5.02. The SMILES string of the molecule is O=C(c1ccc(Oc2ccc(C(F)(F)F)cc2)nc1)C(F)(F)F. The number of halogens is 6. The van der Waals surface area contributed by atoms with Crippen molar-refractivity contribution in [2.45, 2.75) is 12.4 Å². The summed E-state index contributed by atoms with van der Waals surface area (Å²) in [7, 11) is 0. The summed E-state index contributed by atoms with van der Waals surface area (Å²) in [5.41, 5.74) is -1.54. The van der Waals surface area contributed by atoms with Crippen LogP contribution in [0.15, 0.2) is 42.6 Å². The van der Waals surface area contributed by atoms with Crippen LogP contribution in [0, 0.1) is 0 Å². The van der Waals surface area contributed by atoms with E-state index in [4.69, 9.17) is 4.74 Å². The number of carbonyl (C=O) groups excluding carboxylic acids is 1. The van der Waals surface area contributed by atoms with Gasteiger partial charge in [-0.25, -0.2) is 4.98 Å². The van der Waals surface area contributed by atoms with Gasteiger partial charge in [-0.2, -0.15) is 26.3 Å². The zero-order chi connectivity index (χ0) is 17.3. The number of aromatic nitrogens is 1. The summed E-state index contributed by atoms with van der Waals surface area (Å²) >= 11 is 0. The molecule has 0 spiro atoms. The van der Waals surface area contributed by atoms with Gasteiger partial charge in [-0.3, -0.25) is 4.79 Å². The molecule has 0 unspecified atom stereocenters. The van der Waals surface area contributed by atoms with Crippen molar-refractivity contribution >= 4 is 5.78 Å². The number of pyridine rings is 1. The number of benzene rings is 1. The minimum absolute atomic E-state index is 0.0143. The Hall–Kier alpha value is -2.58. The third-order valence-corrected chi connectivity index (χ3v) is 2.66. The van der Waals surface area contributed by atoms with Gasteiger partial charge in [0.25, 0.3) is 5.78 Å². The second-order valence-electron chi connectivity index (χ2n) is 4.34. The first kappa shape index (κ1) is 16.8. The number of alkyl halides is 6. The maximum Gasteiger partial charge on any atom is 0.454 e. The van der Waals surface area contributed by atoms with Crippen LogP contribution < -0.4 is 4.74 Å². The van der Waals surface area contributed by atoms with Crippen LogP contribution in [0.4, 0.5) is 26.3 Å². The van der Waals surface area contributed by atoms with Crippen LogP contribution in [0.25, 0.3) is 0 Å². The summed E-state index contributed by atoms with van der Waals surface area (Å²) < 4.78 is 78.9. The molecule has 3 nitrogen and oxygen atoms in total. The monoisotopic (exact) mass is 335 g/mol. The molecular formula is C14H7F6NO2. The van der Waals surface area contributed by atoms with E-state index in [1.165, 1.54) is 0 Å². The van der Waals surface area contributed by atoms with Crippen molar-refractivity contribution in [1.82, 2.24) is 4.98 Å². The molecule has 122 valence electrons. The van der Waals surface area contributed by atoms with Crippen molar-refractivity contribution in [3.63, 3.8) is 0 Å². The molecule has 0 atom stereocenters. The van der Waals surface area contributed by atoms with Crippen LogP contribution in [0.2, 0.25) is 0 Å². The van der Waals surface area contributed by atoms with Gasteiger partial charge in [-0.1, -0.05) is 0 Å². The van der Waals surface area contributed by atoms with E-state index in [0.29, 0.717) is 6.20 Å². The standard InChI is InChI=1S/C14H7F6NO2/c15-13(16,17)9-2-4-10(5-3-9)23-11-6-1-8(7-21-11)12(22)14(18,19)20/h1-7H. The van der Waals surface area contributed by atoms with Gasteiger partial charge in [0.2, 0.25) is 5.88 Å². The highest BCUT2D eigenvalue weighted by Gasteiger charge is 2.39. The number of hydrogen-bond acceptors (Lipinski definition) is 3. The topological polar surface area (TPSA) is 39.2 Å². The maximum atomic E-state index is 12.4. The molecule has 2 rings (SSSR count). The number of carbonyl (C=O) groups is 1. The lowest BCUT2D eigenvalue weighted by molar-refractivity contribution is -0.137. The molecule has 1 aromatic carbocycles. The third kappa shape index (κ3) is 4.21. The molecule has 0 fully saturated rings. The number of rotatable bonds is 3. The van der Waals surface area contributed by atoms with Gasteiger partial charge in [-0.05, 0) is 30.3 Å². The number of nitrogens with zero attached hydrogens (tertiary/aromatic N) is 1. The summed E-state index contributed by atoms with van der Waals surface area (Å²) in [6, 6.07) is 5.53. The van der Waals surface area contributed by atoms with Gasteiger partial charge >= 0.3 is 12.4 Å². The molecule has 0 aliphatic carbocycles. The van der Waals surface area contributed by atoms with Crippen LogP contribution in [0.3, 0.4) is 0 Å². The van der Waals surface area contributed by atoms with Gasteiger partial charge in [0, 0.05) is 17.8 Å². The van der Waals surface area contributed by atoms with E-state index in [1.54, 1.807) is 0 Å². The maximum absolute atomic E-state index is 12.4. The molecule has 0 saturated heterocycles. The van der Waals surface area contributed by atoms with E-state index in [2.05, 4.69) is 4.98 Å². The van der Waals surface area contributed by atoms with E-state index in [9.17, 15) is 31.1 Å². The molecule has 0 saturated carbocycles. The Kier molecular flexibility index (Phi) is 4.31. The number of ether oxygens (including phenoxy) is 1. The number of ketones is 1. The fraction of sp³-hybridized carbons (Fsp3) is 0.143. The van der Waals surface area contributed by atoms with Crippen LogP contribution in [-0.2, 0) is 6.18 Å². The summed E-state index contributed by atoms with van der Waals surface area (Å²) in [6.45, 7) is 0. The molecule has 0 aliphatic heterocycles. The molecule has 1 aromatic heterocycles. The van der Waals surface area contributed by atoms with Crippen molar-refractivity contribution in [3.05, 3.63) is 53.7 Å². The minimum Gasteiger partial charge on any atom is -0.439 e. The van der Waals surface area contributed by atoms with E-state index >= 15 is 0 Å². The molecule has 0 radical (unpaired) electrons. The van der Waals surface area contributed by atoms with Crippen molar-refractivity contribution in [3.8, 4) is 11.6 Å². The van der Waals surface area contributed by atoms with E-state index in [-0.39, 0.29) is 11.6 Å². The Balaban J connectivity index is 2.11. The smallest absolute Gasteiger partial charge is 0.439 e. The van der Waals surface area contributed by atoms with Crippen molar-refractivity contribution in [2.24, 2.45) is 0 Å². The van der Waals surface area contributed by atoms with Gasteiger partial charge < -0.3 is 4.74 Å². The number of Topliss-reactive ketones (excluding diaryl/α,β-unsaturated/α-hetero) is 1. The van der Waals surface area contributed by atoms with Crippen LogP contribution in [0.5, 0.6) is 11.6 Å². The van der Waals surface area contributed by atoms with Crippen molar-refractivity contribution < 1.29 is 35.9 Å². The van der Waals surface area contributed by atoms with Gasteiger partial charge in [0.1, 0.15) is 5.75 Å². The third-order valence-electron chi connectivity index (χ3n) is 2.66. The van der Waals surface area contributed by atoms with Gasteiger partial charge in [-0.15, -0.1) is 0 Å². The van der Waals surface area contributed by atoms with Crippen molar-refractivity contribution in [1.29, 1.82) is 0 Å². The summed E-state index contributed by atoms with van der Waals surface area (Å²) in [4.78, 5) is 14.5. The highest BCUT2D eigenvalue weighted by atomic mass is 19.4. The second kappa shape index (κ2) is 5.90. The molecule has 0 N–H and O–H groups in total. The van der Waals surface area contributed by atoms with Crippen LogP contribution in [-0.4, -0.2) is 16.9 Å². The summed E-state index contributed by atoms with van der Waals surface area (Å²) in [5, 5.41) is 0. The van der Waals surface area contributed by atoms with Gasteiger partial charge in [0.05, 0.1) is 5.56 Å². The van der Waals surface area contributed by atoms with E-state index in [1.807, 2.05) is 0 Å². The highest BCUT2D eigenvalue weighted by Crippen LogP contribution is 2.31. The Labute approximate surface area is 125 Å². The summed E-state index contributed by atoms with van der Waals surface area (Å²) in [6.07, 6.45) is -8.83. The Morgan fingerprint density at radius 1 is 0.913 bits per heavy atom. The predicted molar refractivity (Wildman–Crippen MR) is 66.1 cm³/mol. The first-order valence-electron chi connectivity index (χ1n) is 6.00. The van der Waals surface area contributed by atoms with E-state index in [0.717, 1.165) is 36.4 Å². The van der Waals surface area contributed by atoms with Crippen LogP contribution >= 0.6 is 0 Å². The second-order valence-corrected chi connectivity index (χ2v) is 4.34. The lowest BCUT2D eigenvalue weighted by atomic mass is 10.2. The molecule has 2 aromatic rings. The molecular weight excluding hydrogens is 328 g/mol. The molecule has 9 heteroatoms. The largest absolute Gasteiger partial charge is 0.454 e. The number of hydrogen-bond donors (Lipinski definition) is 0. The first-order chi connectivity index (χ1) is 10.6. The molecule has 0 aliphatic rings. The zero-order valence-electron chi connectivity index (χ0n) is 11.1. The average molecular weight is 335 g/mol. The lowest BCUT2D eigenvalue weighted by Crippen LogP contribution is -2.22. The quantitative estimate of drug-likeness (QED) is 0.606. The Bertz CT molecular complexity index is 689. The Morgan fingerprint density at radius 3 is 1.96 bits per heavy atom. The molecule has 0 amide bonds. The fourth-order valence-corrected chi connectivity index (χ4v) is 1.57. The fourth-order valence-electron chi connectivity index (χ4n) is 1.57. The molecule has 23 heavy (non-hydrogen) atoms. The zero-order valence-corrected chi connectivity index (χ0v) is 11.1. The van der Waals surface area contributed by atoms with E-state index < -0.39 is 29.3 Å². The van der Waals surface area contributed by atoms with Crippen molar-refractivity contribution in [2.75, 3.05) is 0 Å². The first-order valence-corrected chi connectivity index (χ1v) is 6.00. The predicted octanol–water partition coefficient (Wildman–Crippen LogP) is 4.64.